The Balaban J connectivity index is 3.04. The molecule has 1 aromatic rings. The number of ether oxygens (including phenoxy) is 1. The van der Waals surface area contributed by atoms with Crippen molar-refractivity contribution in [1.82, 2.24) is 9.88 Å². The molecule has 0 saturated heterocycles. The van der Waals surface area contributed by atoms with Crippen molar-refractivity contribution in [3.8, 4) is 5.75 Å². The van der Waals surface area contributed by atoms with Crippen LogP contribution in [0.15, 0.2) is 12.1 Å². The third kappa shape index (κ3) is 4.42. The molecule has 0 spiro atoms. The highest BCUT2D eigenvalue weighted by atomic mass is 16.5. The van der Waals surface area contributed by atoms with Crippen molar-refractivity contribution >= 4 is 0 Å². The number of aryl methyl sites for hydroxylation is 1. The van der Waals surface area contributed by atoms with E-state index >= 15 is 0 Å². The second-order valence-electron chi connectivity index (χ2n) is 5.70. The van der Waals surface area contributed by atoms with Crippen molar-refractivity contribution in [2.45, 2.75) is 59.0 Å². The number of aromatic nitrogens is 1. The number of pyridine rings is 1. The van der Waals surface area contributed by atoms with Crippen molar-refractivity contribution < 1.29 is 4.74 Å². The summed E-state index contributed by atoms with van der Waals surface area (Å²) in [5.74, 6) is 0.875. The topological polar surface area (TPSA) is 51.4 Å². The highest BCUT2D eigenvalue weighted by Crippen LogP contribution is 2.26. The molecule has 1 heterocycles. The van der Waals surface area contributed by atoms with Crippen LogP contribution in [-0.4, -0.2) is 35.6 Å². The van der Waals surface area contributed by atoms with Gasteiger partial charge in [0, 0.05) is 36.5 Å². The van der Waals surface area contributed by atoms with Gasteiger partial charge in [-0.15, -0.1) is 0 Å². The predicted octanol–water partition coefficient (Wildman–Crippen LogP) is 3.13. The fourth-order valence-corrected chi connectivity index (χ4v) is 2.97. The van der Waals surface area contributed by atoms with Crippen molar-refractivity contribution in [1.29, 1.82) is 0 Å². The average Bonchev–Trinajstić information content (AvgIpc) is 2.49. The minimum absolute atomic E-state index is 0.0642. The molecule has 0 aromatic carbocycles. The molecule has 0 fully saturated rings. The van der Waals surface area contributed by atoms with Crippen LogP contribution < -0.4 is 10.5 Å². The van der Waals surface area contributed by atoms with Gasteiger partial charge in [-0.1, -0.05) is 20.8 Å². The van der Waals surface area contributed by atoms with E-state index in [2.05, 4.69) is 30.7 Å². The van der Waals surface area contributed by atoms with Crippen LogP contribution in [0.25, 0.3) is 0 Å². The van der Waals surface area contributed by atoms with Gasteiger partial charge in [-0.25, -0.2) is 0 Å². The van der Waals surface area contributed by atoms with Gasteiger partial charge < -0.3 is 10.5 Å². The SMILES string of the molecule is CCCN(Cc1cc(OC)cc(C)n1)C(CC)(CC)CN. The van der Waals surface area contributed by atoms with Crippen LogP contribution >= 0.6 is 0 Å². The predicted molar refractivity (Wildman–Crippen MR) is 88.6 cm³/mol. The van der Waals surface area contributed by atoms with Crippen LogP contribution in [0.1, 0.15) is 51.4 Å². The Bertz CT molecular complexity index is 422. The van der Waals surface area contributed by atoms with Gasteiger partial charge in [0.1, 0.15) is 5.75 Å². The molecule has 0 saturated carbocycles. The van der Waals surface area contributed by atoms with Crippen LogP contribution in [0.2, 0.25) is 0 Å². The van der Waals surface area contributed by atoms with Crippen LogP contribution in [-0.2, 0) is 6.54 Å². The maximum absolute atomic E-state index is 6.11. The lowest BCUT2D eigenvalue weighted by molar-refractivity contribution is 0.0752. The molecule has 4 heteroatoms. The third-order valence-corrected chi connectivity index (χ3v) is 4.43. The number of rotatable bonds is 9. The molecule has 0 aliphatic heterocycles. The second kappa shape index (κ2) is 8.35. The highest BCUT2D eigenvalue weighted by molar-refractivity contribution is 5.26. The van der Waals surface area contributed by atoms with E-state index < -0.39 is 0 Å². The molecule has 0 radical (unpaired) electrons. The first kappa shape index (κ1) is 17.9. The Hall–Kier alpha value is -1.13. The monoisotopic (exact) mass is 293 g/mol. The molecule has 1 rings (SSSR count). The summed E-state index contributed by atoms with van der Waals surface area (Å²) in [7, 11) is 1.70. The zero-order chi connectivity index (χ0) is 15.9. The zero-order valence-electron chi connectivity index (χ0n) is 14.3. The zero-order valence-corrected chi connectivity index (χ0v) is 14.3. The first-order valence-electron chi connectivity index (χ1n) is 8.01. The van der Waals surface area contributed by atoms with Crippen molar-refractivity contribution in [3.05, 3.63) is 23.5 Å². The molecular formula is C17H31N3O. The first-order chi connectivity index (χ1) is 10.0. The van der Waals surface area contributed by atoms with E-state index in [-0.39, 0.29) is 5.54 Å². The largest absolute Gasteiger partial charge is 0.497 e. The lowest BCUT2D eigenvalue weighted by Gasteiger charge is -2.42. The minimum atomic E-state index is 0.0642. The lowest BCUT2D eigenvalue weighted by atomic mass is 9.90. The van der Waals surface area contributed by atoms with E-state index in [4.69, 9.17) is 10.5 Å². The Morgan fingerprint density at radius 3 is 2.38 bits per heavy atom. The maximum Gasteiger partial charge on any atom is 0.122 e. The summed E-state index contributed by atoms with van der Waals surface area (Å²) in [5, 5.41) is 0. The molecule has 2 N–H and O–H groups in total. The van der Waals surface area contributed by atoms with Crippen molar-refractivity contribution in [2.24, 2.45) is 5.73 Å². The average molecular weight is 293 g/mol. The van der Waals surface area contributed by atoms with Crippen LogP contribution in [0, 0.1) is 6.92 Å². The van der Waals surface area contributed by atoms with E-state index in [0.717, 1.165) is 49.5 Å². The van der Waals surface area contributed by atoms with E-state index in [1.54, 1.807) is 7.11 Å². The second-order valence-corrected chi connectivity index (χ2v) is 5.70. The van der Waals surface area contributed by atoms with E-state index in [1.807, 2.05) is 19.1 Å². The molecule has 1 aromatic heterocycles. The number of hydrogen-bond acceptors (Lipinski definition) is 4. The Morgan fingerprint density at radius 1 is 1.24 bits per heavy atom. The molecule has 21 heavy (non-hydrogen) atoms. The normalized spacial score (nSPS) is 12.0. The molecule has 0 bridgehead atoms. The summed E-state index contributed by atoms with van der Waals surface area (Å²) in [6.45, 7) is 11.2. The summed E-state index contributed by atoms with van der Waals surface area (Å²) in [5.41, 5.74) is 8.23. The smallest absolute Gasteiger partial charge is 0.122 e. The summed E-state index contributed by atoms with van der Waals surface area (Å²) >= 11 is 0. The van der Waals surface area contributed by atoms with E-state index in [0.29, 0.717) is 6.54 Å². The van der Waals surface area contributed by atoms with Gasteiger partial charge in [-0.05, 0) is 32.7 Å². The van der Waals surface area contributed by atoms with Crippen molar-refractivity contribution in [3.63, 3.8) is 0 Å². The van der Waals surface area contributed by atoms with Crippen molar-refractivity contribution in [2.75, 3.05) is 20.2 Å². The highest BCUT2D eigenvalue weighted by Gasteiger charge is 2.31. The molecule has 0 atom stereocenters. The summed E-state index contributed by atoms with van der Waals surface area (Å²) in [6, 6.07) is 3.99. The van der Waals surface area contributed by atoms with Crippen LogP contribution in [0.3, 0.4) is 0 Å². The first-order valence-corrected chi connectivity index (χ1v) is 8.01. The number of nitrogens with two attached hydrogens (primary N) is 1. The Kier molecular flexibility index (Phi) is 7.12. The van der Waals surface area contributed by atoms with Gasteiger partial charge in [-0.2, -0.15) is 0 Å². The molecule has 0 unspecified atom stereocenters. The lowest BCUT2D eigenvalue weighted by Crippen LogP contribution is -2.53. The summed E-state index contributed by atoms with van der Waals surface area (Å²) < 4.78 is 5.36. The standard InChI is InChI=1S/C17H31N3O/c1-6-9-20(17(7-2,8-3)13-18)12-15-11-16(21-5)10-14(4)19-15/h10-11H,6-9,12-13,18H2,1-5H3. The van der Waals surface area contributed by atoms with Gasteiger partial charge in [0.15, 0.2) is 0 Å². The third-order valence-electron chi connectivity index (χ3n) is 4.43. The summed E-state index contributed by atoms with van der Waals surface area (Å²) in [6.07, 6.45) is 3.23. The van der Waals surface area contributed by atoms with Gasteiger partial charge in [0.05, 0.1) is 12.8 Å². The molecular weight excluding hydrogens is 262 g/mol. The molecule has 4 nitrogen and oxygen atoms in total. The minimum Gasteiger partial charge on any atom is -0.497 e. The van der Waals surface area contributed by atoms with Crippen LogP contribution in [0.4, 0.5) is 0 Å². The van der Waals surface area contributed by atoms with E-state index in [1.165, 1.54) is 0 Å². The van der Waals surface area contributed by atoms with Gasteiger partial charge in [0.2, 0.25) is 0 Å². The van der Waals surface area contributed by atoms with Gasteiger partial charge >= 0.3 is 0 Å². The van der Waals surface area contributed by atoms with Gasteiger partial charge in [-0.3, -0.25) is 9.88 Å². The molecule has 120 valence electrons. The fraction of sp³-hybridized carbons (Fsp3) is 0.706. The quantitative estimate of drug-likeness (QED) is 0.760. The Labute approximate surface area is 129 Å². The molecule has 0 amide bonds. The molecule has 0 aliphatic rings. The number of methoxy groups -OCH3 is 1. The summed E-state index contributed by atoms with van der Waals surface area (Å²) in [4.78, 5) is 7.15. The Morgan fingerprint density at radius 2 is 1.90 bits per heavy atom. The number of hydrogen-bond donors (Lipinski definition) is 1. The number of nitrogens with zero attached hydrogens (tertiary/aromatic N) is 2. The van der Waals surface area contributed by atoms with E-state index in [9.17, 15) is 0 Å². The molecule has 0 aliphatic carbocycles. The maximum atomic E-state index is 6.11. The van der Waals surface area contributed by atoms with Gasteiger partial charge in [0.25, 0.3) is 0 Å². The fourth-order valence-electron chi connectivity index (χ4n) is 2.97. The van der Waals surface area contributed by atoms with Crippen LogP contribution in [0.5, 0.6) is 5.75 Å².